The van der Waals surface area contributed by atoms with Gasteiger partial charge in [-0.2, -0.15) is 0 Å². The van der Waals surface area contributed by atoms with Crippen LogP contribution in [0.3, 0.4) is 0 Å². The van der Waals surface area contributed by atoms with Crippen LogP contribution in [0.25, 0.3) is 0 Å². The van der Waals surface area contributed by atoms with Crippen LogP contribution in [-0.2, 0) is 10.2 Å². The van der Waals surface area contributed by atoms with Crippen molar-refractivity contribution in [3.8, 4) is 11.5 Å². The average Bonchev–Trinajstić information content (AvgIpc) is 3.14. The highest BCUT2D eigenvalue weighted by Crippen LogP contribution is 2.54. The van der Waals surface area contributed by atoms with E-state index in [-0.39, 0.29) is 11.4 Å². The molecule has 2 rings (SSSR count). The van der Waals surface area contributed by atoms with Crippen LogP contribution in [0.2, 0.25) is 0 Å². The van der Waals surface area contributed by atoms with E-state index in [2.05, 4.69) is 6.92 Å². The molecule has 4 nitrogen and oxygen atoms in total. The first-order chi connectivity index (χ1) is 8.55. The van der Waals surface area contributed by atoms with Crippen LogP contribution in [0, 0.1) is 0 Å². The molecule has 0 amide bonds. The minimum atomic E-state index is -0.390. The third-order valence-corrected chi connectivity index (χ3v) is 3.53. The van der Waals surface area contributed by atoms with Crippen LogP contribution in [0.1, 0.15) is 35.7 Å². The van der Waals surface area contributed by atoms with Gasteiger partial charge in [0, 0.05) is 5.56 Å². The van der Waals surface area contributed by atoms with Gasteiger partial charge in [0.25, 0.3) is 0 Å². The molecule has 1 aromatic carbocycles. The summed E-state index contributed by atoms with van der Waals surface area (Å²) in [6, 6.07) is 3.43. The molecule has 0 atom stereocenters. The van der Waals surface area contributed by atoms with Gasteiger partial charge in [0.05, 0.1) is 26.9 Å². The summed E-state index contributed by atoms with van der Waals surface area (Å²) in [4.78, 5) is 11.6. The standard InChI is InChI=1S/C14H18O4/c1-14(5-6-14)12-10(16-2)7-9(13(15)18-4)8-11(12)17-3/h7-8H,5-6H2,1-4H3. The first-order valence-corrected chi connectivity index (χ1v) is 5.90. The maximum absolute atomic E-state index is 11.6. The molecule has 0 bridgehead atoms. The number of rotatable bonds is 4. The quantitative estimate of drug-likeness (QED) is 0.770. The van der Waals surface area contributed by atoms with Gasteiger partial charge in [0.1, 0.15) is 11.5 Å². The van der Waals surface area contributed by atoms with Crippen LogP contribution in [0.15, 0.2) is 12.1 Å². The van der Waals surface area contributed by atoms with Gasteiger partial charge in [-0.25, -0.2) is 4.79 Å². The number of benzene rings is 1. The molecule has 0 spiro atoms. The molecule has 0 radical (unpaired) electrons. The minimum absolute atomic E-state index is 0.103. The van der Waals surface area contributed by atoms with Gasteiger partial charge in [0.2, 0.25) is 0 Å². The molecule has 0 heterocycles. The molecule has 98 valence electrons. The summed E-state index contributed by atoms with van der Waals surface area (Å²) in [6.07, 6.45) is 2.22. The molecule has 0 N–H and O–H groups in total. The Labute approximate surface area is 107 Å². The Bertz CT molecular complexity index is 450. The smallest absolute Gasteiger partial charge is 0.338 e. The highest BCUT2D eigenvalue weighted by Gasteiger charge is 2.44. The Hall–Kier alpha value is -1.71. The summed E-state index contributed by atoms with van der Waals surface area (Å²) in [6.45, 7) is 2.17. The highest BCUT2D eigenvalue weighted by atomic mass is 16.5. The van der Waals surface area contributed by atoms with E-state index in [1.165, 1.54) is 7.11 Å². The zero-order valence-corrected chi connectivity index (χ0v) is 11.2. The number of hydrogen-bond donors (Lipinski definition) is 0. The molecule has 18 heavy (non-hydrogen) atoms. The second-order valence-electron chi connectivity index (χ2n) is 4.81. The fourth-order valence-corrected chi connectivity index (χ4v) is 2.18. The molecule has 1 saturated carbocycles. The molecule has 1 aliphatic carbocycles. The predicted molar refractivity (Wildman–Crippen MR) is 67.5 cm³/mol. The van der Waals surface area contributed by atoms with Gasteiger partial charge in [-0.3, -0.25) is 0 Å². The second kappa shape index (κ2) is 4.52. The Morgan fingerprint density at radius 3 is 1.94 bits per heavy atom. The van der Waals surface area contributed by atoms with Crippen molar-refractivity contribution in [3.63, 3.8) is 0 Å². The topological polar surface area (TPSA) is 44.8 Å². The zero-order valence-electron chi connectivity index (χ0n) is 11.2. The first kappa shape index (κ1) is 12.7. The van der Waals surface area contributed by atoms with E-state index >= 15 is 0 Å². The van der Waals surface area contributed by atoms with Crippen molar-refractivity contribution in [1.29, 1.82) is 0 Å². The molecule has 0 unspecified atom stereocenters. The summed E-state index contributed by atoms with van der Waals surface area (Å²) in [5.41, 5.74) is 1.59. The van der Waals surface area contributed by atoms with Gasteiger partial charge >= 0.3 is 5.97 Å². The average molecular weight is 250 g/mol. The number of hydrogen-bond acceptors (Lipinski definition) is 4. The summed E-state index contributed by atoms with van der Waals surface area (Å²) in [7, 11) is 4.56. The fourth-order valence-electron chi connectivity index (χ4n) is 2.18. The Balaban J connectivity index is 2.56. The Morgan fingerprint density at radius 1 is 1.11 bits per heavy atom. The first-order valence-electron chi connectivity index (χ1n) is 5.90. The summed E-state index contributed by atoms with van der Waals surface area (Å²) in [5, 5.41) is 0. The van der Waals surface area contributed by atoms with E-state index in [1.54, 1.807) is 26.4 Å². The van der Waals surface area contributed by atoms with E-state index in [1.807, 2.05) is 0 Å². The Kier molecular flexibility index (Phi) is 3.20. The lowest BCUT2D eigenvalue weighted by Crippen LogP contribution is -2.09. The summed E-state index contributed by atoms with van der Waals surface area (Å²) >= 11 is 0. The number of carbonyl (C=O) groups is 1. The molecule has 0 aromatic heterocycles. The SMILES string of the molecule is COC(=O)c1cc(OC)c(C2(C)CC2)c(OC)c1. The van der Waals surface area contributed by atoms with Crippen LogP contribution in [0.4, 0.5) is 0 Å². The molecular formula is C14H18O4. The van der Waals surface area contributed by atoms with Gasteiger partial charge in [0.15, 0.2) is 0 Å². The monoisotopic (exact) mass is 250 g/mol. The zero-order chi connectivity index (χ0) is 13.3. The molecule has 1 aromatic rings. The molecule has 1 aliphatic rings. The van der Waals surface area contributed by atoms with Crippen LogP contribution in [0.5, 0.6) is 11.5 Å². The lowest BCUT2D eigenvalue weighted by molar-refractivity contribution is 0.0600. The van der Waals surface area contributed by atoms with E-state index in [0.717, 1.165) is 18.4 Å². The number of methoxy groups -OCH3 is 3. The van der Waals surface area contributed by atoms with Gasteiger partial charge in [-0.1, -0.05) is 6.92 Å². The number of carbonyl (C=O) groups excluding carboxylic acids is 1. The van der Waals surface area contributed by atoms with Gasteiger partial charge in [-0.15, -0.1) is 0 Å². The van der Waals surface area contributed by atoms with Crippen molar-refractivity contribution < 1.29 is 19.0 Å². The normalized spacial score (nSPS) is 16.0. The lowest BCUT2D eigenvalue weighted by atomic mass is 9.94. The van der Waals surface area contributed by atoms with Crippen molar-refractivity contribution in [2.24, 2.45) is 0 Å². The highest BCUT2D eigenvalue weighted by molar-refractivity contribution is 5.90. The van der Waals surface area contributed by atoms with Crippen molar-refractivity contribution >= 4 is 5.97 Å². The van der Waals surface area contributed by atoms with Crippen molar-refractivity contribution in [2.45, 2.75) is 25.2 Å². The predicted octanol–water partition coefficient (Wildman–Crippen LogP) is 2.54. The number of ether oxygens (including phenoxy) is 3. The molecular weight excluding hydrogens is 232 g/mol. The van der Waals surface area contributed by atoms with Crippen LogP contribution < -0.4 is 9.47 Å². The summed E-state index contributed by atoms with van der Waals surface area (Å²) < 4.78 is 15.5. The third kappa shape index (κ3) is 2.03. The number of esters is 1. The van der Waals surface area contributed by atoms with E-state index in [9.17, 15) is 4.79 Å². The van der Waals surface area contributed by atoms with Crippen LogP contribution >= 0.6 is 0 Å². The maximum Gasteiger partial charge on any atom is 0.338 e. The van der Waals surface area contributed by atoms with Gasteiger partial charge < -0.3 is 14.2 Å². The largest absolute Gasteiger partial charge is 0.496 e. The lowest BCUT2D eigenvalue weighted by Gasteiger charge is -2.19. The van der Waals surface area contributed by atoms with Crippen molar-refractivity contribution in [2.75, 3.05) is 21.3 Å². The maximum atomic E-state index is 11.6. The molecule has 0 saturated heterocycles. The second-order valence-corrected chi connectivity index (χ2v) is 4.81. The van der Waals surface area contributed by atoms with E-state index < -0.39 is 0 Å². The Morgan fingerprint density at radius 2 is 1.61 bits per heavy atom. The third-order valence-electron chi connectivity index (χ3n) is 3.53. The van der Waals surface area contributed by atoms with Crippen molar-refractivity contribution in [3.05, 3.63) is 23.3 Å². The molecule has 1 fully saturated rings. The van der Waals surface area contributed by atoms with Crippen molar-refractivity contribution in [1.82, 2.24) is 0 Å². The van der Waals surface area contributed by atoms with Gasteiger partial charge in [-0.05, 0) is 30.4 Å². The fraction of sp³-hybridized carbons (Fsp3) is 0.500. The van der Waals surface area contributed by atoms with E-state index in [4.69, 9.17) is 14.2 Å². The minimum Gasteiger partial charge on any atom is -0.496 e. The summed E-state index contributed by atoms with van der Waals surface area (Å²) in [5.74, 6) is 0.989. The van der Waals surface area contributed by atoms with Crippen LogP contribution in [-0.4, -0.2) is 27.3 Å². The molecule has 4 heteroatoms. The molecule has 0 aliphatic heterocycles. The van der Waals surface area contributed by atoms with E-state index in [0.29, 0.717) is 17.1 Å².